The Morgan fingerprint density at radius 2 is 2.33 bits per heavy atom. The fourth-order valence-corrected chi connectivity index (χ4v) is 2.45. The molecule has 1 amide bonds. The minimum absolute atomic E-state index is 0. The molecule has 2 atom stereocenters. The molecule has 21 heavy (non-hydrogen) atoms. The van der Waals surface area contributed by atoms with Gasteiger partial charge in [0, 0.05) is 19.1 Å². The quantitative estimate of drug-likeness (QED) is 0.865. The summed E-state index contributed by atoms with van der Waals surface area (Å²) in [6.07, 6.45) is 1.67. The second-order valence-corrected chi connectivity index (χ2v) is 4.95. The van der Waals surface area contributed by atoms with E-state index in [1.807, 2.05) is 12.1 Å². The Hall–Kier alpha value is -1.30. The van der Waals surface area contributed by atoms with Gasteiger partial charge in [-0.25, -0.2) is 0 Å². The van der Waals surface area contributed by atoms with Gasteiger partial charge in [-0.15, -0.1) is 12.4 Å². The van der Waals surface area contributed by atoms with E-state index in [1.165, 1.54) is 12.7 Å². The summed E-state index contributed by atoms with van der Waals surface area (Å²) < 4.78 is 10.7. The highest BCUT2D eigenvalue weighted by Crippen LogP contribution is 2.35. The summed E-state index contributed by atoms with van der Waals surface area (Å²) in [5, 5.41) is 2.99. The molecule has 0 saturated carbocycles. The number of para-hydroxylation sites is 1. The van der Waals surface area contributed by atoms with Crippen LogP contribution in [0.3, 0.4) is 0 Å². The van der Waals surface area contributed by atoms with Crippen molar-refractivity contribution in [3.05, 3.63) is 29.3 Å². The lowest BCUT2D eigenvalue weighted by Crippen LogP contribution is -2.45. The van der Waals surface area contributed by atoms with Crippen LogP contribution in [0, 0.1) is 0 Å². The van der Waals surface area contributed by atoms with Crippen LogP contribution in [0.5, 0.6) is 5.75 Å². The smallest absolute Gasteiger partial charge is 0.239 e. The number of benzene rings is 1. The molecular weight excluding hydrogens is 292 g/mol. The van der Waals surface area contributed by atoms with Gasteiger partial charge in [0.2, 0.25) is 5.91 Å². The van der Waals surface area contributed by atoms with Gasteiger partial charge in [-0.3, -0.25) is 4.79 Å². The Morgan fingerprint density at radius 1 is 1.57 bits per heavy atom. The maximum atomic E-state index is 12.0. The van der Waals surface area contributed by atoms with Crippen molar-refractivity contribution in [1.29, 1.82) is 0 Å². The van der Waals surface area contributed by atoms with Crippen LogP contribution in [0.15, 0.2) is 18.2 Å². The number of nitrogens with one attached hydrogen (secondary N) is 1. The van der Waals surface area contributed by atoms with Gasteiger partial charge in [0.05, 0.1) is 19.3 Å². The molecule has 0 spiro atoms. The Balaban J connectivity index is 0.00000220. The molecule has 2 rings (SSSR count). The van der Waals surface area contributed by atoms with Crippen LogP contribution in [0.1, 0.15) is 30.5 Å². The number of carbonyl (C=O) groups is 1. The second kappa shape index (κ2) is 8.22. The number of halogens is 1. The van der Waals surface area contributed by atoms with Crippen LogP contribution in [0.4, 0.5) is 0 Å². The molecule has 1 aliphatic heterocycles. The second-order valence-electron chi connectivity index (χ2n) is 4.95. The minimum atomic E-state index is -0.638. The van der Waals surface area contributed by atoms with Crippen LogP contribution in [-0.2, 0) is 16.0 Å². The first-order valence-corrected chi connectivity index (χ1v) is 6.96. The highest BCUT2D eigenvalue weighted by molar-refractivity contribution is 5.85. The Kier molecular flexibility index (Phi) is 6.95. The molecule has 1 aliphatic rings. The summed E-state index contributed by atoms with van der Waals surface area (Å²) in [6, 6.07) is 5.38. The molecular formula is C15H23ClN2O3. The van der Waals surface area contributed by atoms with Gasteiger partial charge >= 0.3 is 0 Å². The van der Waals surface area contributed by atoms with E-state index in [9.17, 15) is 4.79 Å². The van der Waals surface area contributed by atoms with Crippen molar-refractivity contribution in [2.45, 2.75) is 31.8 Å². The number of fused-ring (bicyclic) bond motifs is 1. The average Bonchev–Trinajstić information content (AvgIpc) is 2.47. The first-order chi connectivity index (χ1) is 9.67. The number of aryl methyl sites for hydroxylation is 1. The van der Waals surface area contributed by atoms with Gasteiger partial charge in [-0.05, 0) is 12.0 Å². The van der Waals surface area contributed by atoms with Gasteiger partial charge in [0.25, 0.3) is 0 Å². The van der Waals surface area contributed by atoms with E-state index >= 15 is 0 Å². The first-order valence-electron chi connectivity index (χ1n) is 6.96. The molecule has 0 saturated heterocycles. The molecule has 5 nitrogen and oxygen atoms in total. The summed E-state index contributed by atoms with van der Waals surface area (Å²) in [6.45, 7) is 2.92. The van der Waals surface area contributed by atoms with Gasteiger partial charge in [-0.2, -0.15) is 0 Å². The predicted octanol–water partition coefficient (Wildman–Crippen LogP) is 1.58. The number of carbonyl (C=O) groups excluding carboxylic acids is 1. The van der Waals surface area contributed by atoms with E-state index in [4.69, 9.17) is 15.2 Å². The molecule has 3 N–H and O–H groups in total. The van der Waals surface area contributed by atoms with Gasteiger partial charge in [0.1, 0.15) is 11.8 Å². The van der Waals surface area contributed by atoms with Crippen LogP contribution < -0.4 is 15.8 Å². The number of amides is 1. The molecule has 118 valence electrons. The van der Waals surface area contributed by atoms with Crippen molar-refractivity contribution in [3.63, 3.8) is 0 Å². The molecule has 0 radical (unpaired) electrons. The summed E-state index contributed by atoms with van der Waals surface area (Å²) >= 11 is 0. The van der Waals surface area contributed by atoms with E-state index in [0.29, 0.717) is 6.61 Å². The summed E-state index contributed by atoms with van der Waals surface area (Å²) in [4.78, 5) is 12.0. The zero-order chi connectivity index (χ0) is 14.5. The van der Waals surface area contributed by atoms with Crippen LogP contribution >= 0.6 is 12.4 Å². The number of hydrogen-bond acceptors (Lipinski definition) is 4. The molecule has 0 bridgehead atoms. The van der Waals surface area contributed by atoms with Crippen molar-refractivity contribution in [1.82, 2.24) is 5.32 Å². The molecule has 6 heteroatoms. The van der Waals surface area contributed by atoms with E-state index in [2.05, 4.69) is 18.3 Å². The molecule has 0 aromatic heterocycles. The van der Waals surface area contributed by atoms with Crippen molar-refractivity contribution in [2.24, 2.45) is 5.73 Å². The fourth-order valence-electron chi connectivity index (χ4n) is 2.45. The third-order valence-electron chi connectivity index (χ3n) is 3.54. The number of rotatable bonds is 5. The highest BCUT2D eigenvalue weighted by Gasteiger charge is 2.26. The van der Waals surface area contributed by atoms with Crippen molar-refractivity contribution < 1.29 is 14.3 Å². The standard InChI is InChI=1S/C15H22N2O3.ClH/c1-3-10-5-4-6-11-13(7-8-20-14(10)11)17-15(18)12(16)9-19-2;/h4-6,12-13H,3,7-9,16H2,1-2H3,(H,17,18);1H. The van der Waals surface area contributed by atoms with Crippen molar-refractivity contribution in [3.8, 4) is 5.75 Å². The van der Waals surface area contributed by atoms with E-state index in [0.717, 1.165) is 24.2 Å². The number of ether oxygens (including phenoxy) is 2. The van der Waals surface area contributed by atoms with Gasteiger partial charge < -0.3 is 20.5 Å². The monoisotopic (exact) mass is 314 g/mol. The molecule has 0 aliphatic carbocycles. The molecule has 1 heterocycles. The first kappa shape index (κ1) is 17.8. The summed E-state index contributed by atoms with van der Waals surface area (Å²) in [5.41, 5.74) is 7.96. The third-order valence-corrected chi connectivity index (χ3v) is 3.54. The summed E-state index contributed by atoms with van der Waals surface area (Å²) in [5.74, 6) is 0.721. The van der Waals surface area contributed by atoms with Crippen LogP contribution in [-0.4, -0.2) is 32.3 Å². The molecule has 1 aromatic rings. The number of hydrogen-bond donors (Lipinski definition) is 2. The Labute approximate surface area is 131 Å². The normalized spacial score (nSPS) is 18.0. The van der Waals surface area contributed by atoms with Gasteiger partial charge in [0.15, 0.2) is 0 Å². The summed E-state index contributed by atoms with van der Waals surface area (Å²) in [7, 11) is 1.53. The van der Waals surface area contributed by atoms with Crippen LogP contribution in [0.25, 0.3) is 0 Å². The third kappa shape index (κ3) is 4.09. The highest BCUT2D eigenvalue weighted by atomic mass is 35.5. The Bertz CT molecular complexity index is 482. The fraction of sp³-hybridized carbons (Fsp3) is 0.533. The zero-order valence-corrected chi connectivity index (χ0v) is 13.2. The minimum Gasteiger partial charge on any atom is -0.493 e. The van der Waals surface area contributed by atoms with Crippen molar-refractivity contribution in [2.75, 3.05) is 20.3 Å². The van der Waals surface area contributed by atoms with Crippen LogP contribution in [0.2, 0.25) is 0 Å². The largest absolute Gasteiger partial charge is 0.493 e. The topological polar surface area (TPSA) is 73.6 Å². The SMILES string of the molecule is CCc1cccc2c1OCCC2NC(=O)C(N)COC.Cl. The molecule has 0 fully saturated rings. The van der Waals surface area contributed by atoms with E-state index in [-0.39, 0.29) is 31.0 Å². The lowest BCUT2D eigenvalue weighted by Gasteiger charge is -2.29. The predicted molar refractivity (Wildman–Crippen MR) is 83.9 cm³/mol. The number of methoxy groups -OCH3 is 1. The van der Waals surface area contributed by atoms with Crippen molar-refractivity contribution >= 4 is 18.3 Å². The maximum absolute atomic E-state index is 12.0. The lowest BCUT2D eigenvalue weighted by molar-refractivity contribution is -0.124. The van der Waals surface area contributed by atoms with Gasteiger partial charge in [-0.1, -0.05) is 25.1 Å². The molecule has 1 aromatic carbocycles. The average molecular weight is 315 g/mol. The maximum Gasteiger partial charge on any atom is 0.239 e. The van der Waals surface area contributed by atoms with E-state index in [1.54, 1.807) is 0 Å². The number of nitrogens with two attached hydrogens (primary N) is 1. The lowest BCUT2D eigenvalue weighted by atomic mass is 9.96. The zero-order valence-electron chi connectivity index (χ0n) is 12.4. The Morgan fingerprint density at radius 3 is 3.00 bits per heavy atom. The van der Waals surface area contributed by atoms with E-state index < -0.39 is 6.04 Å². The molecule has 2 unspecified atom stereocenters.